The van der Waals surface area contributed by atoms with Gasteiger partial charge in [0.25, 0.3) is 5.67 Å². The van der Waals surface area contributed by atoms with E-state index in [2.05, 4.69) is 0 Å². The van der Waals surface area contributed by atoms with Crippen molar-refractivity contribution in [1.82, 2.24) is 0 Å². The molecule has 0 heterocycles. The van der Waals surface area contributed by atoms with Crippen LogP contribution in [0.4, 0.5) is 48.3 Å². The van der Waals surface area contributed by atoms with Crippen LogP contribution in [0, 0.1) is 0 Å². The van der Waals surface area contributed by atoms with Gasteiger partial charge in [0.2, 0.25) is 0 Å². The number of rotatable bonds is 2. The molecule has 1 aromatic carbocycles. The zero-order valence-electron chi connectivity index (χ0n) is 11.9. The molecule has 1 aliphatic carbocycles. The molecule has 1 atom stereocenters. The first kappa shape index (κ1) is 21.0. The number of aliphatic hydroxyl groups is 1. The lowest BCUT2D eigenvalue weighted by atomic mass is 9.68. The second kappa shape index (κ2) is 5.37. The van der Waals surface area contributed by atoms with Crippen molar-refractivity contribution in [3.8, 4) is 0 Å². The van der Waals surface area contributed by atoms with Crippen LogP contribution in [0.5, 0.6) is 0 Å². The summed E-state index contributed by atoms with van der Waals surface area (Å²) in [5.41, 5.74) is -7.78. The summed E-state index contributed by atoms with van der Waals surface area (Å²) in [5.74, 6) is -36.0. The number of aliphatic hydroxyl groups excluding tert-OH is 1. The summed E-state index contributed by atoms with van der Waals surface area (Å²) in [5, 5.41) is 9.30. The maximum Gasteiger partial charge on any atom is 0.384 e. The second-order valence-corrected chi connectivity index (χ2v) is 5.97. The lowest BCUT2D eigenvalue weighted by Gasteiger charge is -2.53. The highest BCUT2D eigenvalue weighted by molar-refractivity contribution is 6.30. The standard InChI is InChI=1S/C13H6ClF11O/c14-6-3-1-5(2-4-6)7(26)8(15)9(16,17)11(20,21)13(24,25)12(22,23)10(8,18)19/h1-4,7,26H. The van der Waals surface area contributed by atoms with E-state index in [1.807, 2.05) is 0 Å². The van der Waals surface area contributed by atoms with Gasteiger partial charge in [-0.05, 0) is 17.7 Å². The minimum absolute atomic E-state index is 0.210. The molecular weight excluding hydrogens is 417 g/mol. The minimum Gasteiger partial charge on any atom is -0.385 e. The van der Waals surface area contributed by atoms with Crippen molar-refractivity contribution >= 4 is 11.6 Å². The topological polar surface area (TPSA) is 20.2 Å². The Kier molecular flexibility index (Phi) is 4.34. The van der Waals surface area contributed by atoms with Crippen molar-refractivity contribution in [3.63, 3.8) is 0 Å². The molecule has 0 aromatic heterocycles. The third kappa shape index (κ3) is 2.02. The average Bonchev–Trinajstić information content (AvgIpc) is 2.52. The molecule has 1 fully saturated rings. The van der Waals surface area contributed by atoms with Gasteiger partial charge in [-0.2, -0.15) is 43.9 Å². The first-order valence-electron chi connectivity index (χ1n) is 6.42. The molecule has 13 heteroatoms. The highest BCUT2D eigenvalue weighted by Crippen LogP contribution is 2.71. The van der Waals surface area contributed by atoms with Crippen LogP contribution in [0.1, 0.15) is 11.7 Å². The number of alkyl halides is 11. The van der Waals surface area contributed by atoms with Crippen LogP contribution in [0.3, 0.4) is 0 Å². The van der Waals surface area contributed by atoms with E-state index in [4.69, 9.17) is 11.6 Å². The molecule has 0 bridgehead atoms. The average molecular weight is 423 g/mol. The van der Waals surface area contributed by atoms with Crippen LogP contribution in [0.25, 0.3) is 0 Å². The Morgan fingerprint density at radius 2 is 0.923 bits per heavy atom. The van der Waals surface area contributed by atoms with E-state index in [1.54, 1.807) is 0 Å². The third-order valence-electron chi connectivity index (χ3n) is 4.05. The summed E-state index contributed by atoms with van der Waals surface area (Å²) in [7, 11) is 0. The van der Waals surface area contributed by atoms with Crippen molar-refractivity contribution in [3.05, 3.63) is 34.9 Å². The number of halogens is 12. The fraction of sp³-hybridized carbons (Fsp3) is 0.538. The van der Waals surface area contributed by atoms with Gasteiger partial charge >= 0.3 is 29.6 Å². The van der Waals surface area contributed by atoms with E-state index in [0.29, 0.717) is 24.3 Å². The molecule has 1 unspecified atom stereocenters. The molecule has 0 spiro atoms. The highest BCUT2D eigenvalue weighted by Gasteiger charge is 3.02. The van der Waals surface area contributed by atoms with E-state index in [1.165, 1.54) is 0 Å². The summed E-state index contributed by atoms with van der Waals surface area (Å²) < 4.78 is 149. The zero-order chi connectivity index (χ0) is 20.6. The molecule has 1 N–H and O–H groups in total. The molecule has 0 aliphatic heterocycles. The van der Waals surface area contributed by atoms with Gasteiger partial charge in [-0.25, -0.2) is 4.39 Å². The minimum atomic E-state index is -7.32. The first-order chi connectivity index (χ1) is 11.4. The summed E-state index contributed by atoms with van der Waals surface area (Å²) in [6.45, 7) is 0. The summed E-state index contributed by atoms with van der Waals surface area (Å²) >= 11 is 5.37. The van der Waals surface area contributed by atoms with Crippen LogP contribution < -0.4 is 0 Å². The fourth-order valence-electron chi connectivity index (χ4n) is 2.46. The Balaban J connectivity index is 2.81. The Bertz CT molecular complexity index is 671. The van der Waals surface area contributed by atoms with Crippen molar-refractivity contribution in [2.45, 2.75) is 41.4 Å². The molecule has 148 valence electrons. The predicted octanol–water partition coefficient (Wildman–Crippen LogP) is 5.27. The monoisotopic (exact) mass is 422 g/mol. The molecule has 1 aliphatic rings. The van der Waals surface area contributed by atoms with Crippen LogP contribution in [-0.4, -0.2) is 40.4 Å². The van der Waals surface area contributed by atoms with Gasteiger partial charge in [0.05, 0.1) is 0 Å². The summed E-state index contributed by atoms with van der Waals surface area (Å²) in [4.78, 5) is 0. The maximum atomic E-state index is 14.6. The predicted molar refractivity (Wildman–Crippen MR) is 65.0 cm³/mol. The van der Waals surface area contributed by atoms with Crippen LogP contribution in [-0.2, 0) is 0 Å². The number of hydrogen-bond donors (Lipinski definition) is 1. The Morgan fingerprint density at radius 3 is 1.27 bits per heavy atom. The third-order valence-corrected chi connectivity index (χ3v) is 4.31. The number of hydrogen-bond acceptors (Lipinski definition) is 1. The second-order valence-electron chi connectivity index (χ2n) is 5.54. The van der Waals surface area contributed by atoms with Gasteiger partial charge in [0, 0.05) is 5.02 Å². The van der Waals surface area contributed by atoms with Crippen molar-refractivity contribution in [2.75, 3.05) is 0 Å². The molecule has 0 radical (unpaired) electrons. The van der Waals surface area contributed by atoms with Crippen LogP contribution in [0.2, 0.25) is 5.02 Å². The molecule has 0 saturated heterocycles. The largest absolute Gasteiger partial charge is 0.385 e. The molecular formula is C13H6ClF11O. The fourth-order valence-corrected chi connectivity index (χ4v) is 2.59. The summed E-state index contributed by atoms with van der Waals surface area (Å²) in [6, 6.07) is 2.19. The Labute approximate surface area is 142 Å². The van der Waals surface area contributed by atoms with E-state index < -0.39 is 46.9 Å². The van der Waals surface area contributed by atoms with Crippen molar-refractivity contribution in [2.24, 2.45) is 0 Å². The Hall–Kier alpha value is -1.30. The quantitative estimate of drug-likeness (QED) is 0.644. The van der Waals surface area contributed by atoms with Gasteiger partial charge in [0.15, 0.2) is 0 Å². The maximum absolute atomic E-state index is 14.6. The lowest BCUT2D eigenvalue weighted by Crippen LogP contribution is -2.84. The molecule has 1 saturated carbocycles. The van der Waals surface area contributed by atoms with Crippen LogP contribution in [0.15, 0.2) is 24.3 Å². The molecule has 1 nitrogen and oxygen atoms in total. The van der Waals surface area contributed by atoms with Gasteiger partial charge in [-0.15, -0.1) is 0 Å². The molecule has 2 rings (SSSR count). The first-order valence-corrected chi connectivity index (χ1v) is 6.80. The van der Waals surface area contributed by atoms with Gasteiger partial charge in [-0.3, -0.25) is 0 Å². The Morgan fingerprint density at radius 1 is 0.615 bits per heavy atom. The SMILES string of the molecule is OC(c1ccc(Cl)cc1)C1(F)C(F)(F)C(F)(F)C(F)(F)C(F)(F)C1(F)F. The van der Waals surface area contributed by atoms with Crippen molar-refractivity contribution < 1.29 is 53.4 Å². The highest BCUT2D eigenvalue weighted by atomic mass is 35.5. The van der Waals surface area contributed by atoms with Crippen molar-refractivity contribution in [1.29, 1.82) is 0 Å². The smallest absolute Gasteiger partial charge is 0.384 e. The molecule has 1 aromatic rings. The van der Waals surface area contributed by atoms with E-state index in [0.717, 1.165) is 0 Å². The molecule has 26 heavy (non-hydrogen) atoms. The van der Waals surface area contributed by atoms with E-state index >= 15 is 0 Å². The van der Waals surface area contributed by atoms with Gasteiger partial charge < -0.3 is 5.11 Å². The normalized spacial score (nSPS) is 28.3. The zero-order valence-corrected chi connectivity index (χ0v) is 12.6. The number of benzene rings is 1. The van der Waals surface area contributed by atoms with Gasteiger partial charge in [-0.1, -0.05) is 23.7 Å². The molecule has 0 amide bonds. The van der Waals surface area contributed by atoms with E-state index in [-0.39, 0.29) is 5.02 Å². The van der Waals surface area contributed by atoms with Crippen LogP contribution >= 0.6 is 11.6 Å². The lowest BCUT2D eigenvalue weighted by molar-refractivity contribution is -0.494. The summed E-state index contributed by atoms with van der Waals surface area (Å²) in [6.07, 6.45) is -4.03. The van der Waals surface area contributed by atoms with E-state index in [9.17, 15) is 53.4 Å². The van der Waals surface area contributed by atoms with Gasteiger partial charge in [0.1, 0.15) is 6.10 Å².